The van der Waals surface area contributed by atoms with Crippen molar-refractivity contribution in [3.8, 4) is 10.6 Å². The standard InChI is InChI=1S/C16H16ClN5O2S2/c1-16(8-26(23,24)22(2)15(18)21-16)14-9(17)6-13(25-14)12-7-11-10(20-12)4-3-5-19-11/h3-7,20H,8H2,1-2H3,(H2,18,21)/t16-/m0/s1. The molecule has 10 heteroatoms. The minimum atomic E-state index is -3.58. The molecule has 136 valence electrons. The fourth-order valence-corrected chi connectivity index (χ4v) is 6.24. The van der Waals surface area contributed by atoms with Gasteiger partial charge in [-0.2, -0.15) is 0 Å². The van der Waals surface area contributed by atoms with Gasteiger partial charge in [-0.25, -0.2) is 12.7 Å². The Hall–Kier alpha value is -2.10. The van der Waals surface area contributed by atoms with Crippen LogP contribution in [0.4, 0.5) is 0 Å². The number of pyridine rings is 1. The van der Waals surface area contributed by atoms with Crippen molar-refractivity contribution in [2.24, 2.45) is 0 Å². The van der Waals surface area contributed by atoms with Crippen molar-refractivity contribution in [1.82, 2.24) is 19.6 Å². The number of aromatic nitrogens is 2. The van der Waals surface area contributed by atoms with Crippen LogP contribution in [0.15, 0.2) is 30.5 Å². The molecule has 1 atom stereocenters. The predicted octanol–water partition coefficient (Wildman–Crippen LogP) is 2.96. The van der Waals surface area contributed by atoms with E-state index in [1.165, 1.54) is 18.4 Å². The molecule has 3 aromatic rings. The van der Waals surface area contributed by atoms with E-state index in [9.17, 15) is 8.42 Å². The Morgan fingerprint density at radius 2 is 2.19 bits per heavy atom. The van der Waals surface area contributed by atoms with E-state index in [2.05, 4.69) is 15.3 Å². The Kier molecular flexibility index (Phi) is 3.80. The summed E-state index contributed by atoms with van der Waals surface area (Å²) in [5.41, 5.74) is 1.67. The fourth-order valence-electron chi connectivity index (χ4n) is 3.07. The van der Waals surface area contributed by atoms with Crippen LogP contribution in [0, 0.1) is 5.41 Å². The molecule has 0 bridgehead atoms. The summed E-state index contributed by atoms with van der Waals surface area (Å²) < 4.78 is 25.7. The lowest BCUT2D eigenvalue weighted by Crippen LogP contribution is -2.60. The van der Waals surface area contributed by atoms with Gasteiger partial charge in [0.2, 0.25) is 16.0 Å². The van der Waals surface area contributed by atoms with E-state index in [0.29, 0.717) is 9.90 Å². The third kappa shape index (κ3) is 2.67. The molecule has 3 N–H and O–H groups in total. The number of nitrogens with zero attached hydrogens (tertiary/aromatic N) is 2. The summed E-state index contributed by atoms with van der Waals surface area (Å²) >= 11 is 7.86. The van der Waals surface area contributed by atoms with Crippen LogP contribution in [0.1, 0.15) is 11.8 Å². The molecule has 1 saturated heterocycles. The van der Waals surface area contributed by atoms with Crippen LogP contribution in [0.2, 0.25) is 5.02 Å². The number of rotatable bonds is 2. The molecule has 0 aliphatic carbocycles. The van der Waals surface area contributed by atoms with Gasteiger partial charge < -0.3 is 10.3 Å². The van der Waals surface area contributed by atoms with Gasteiger partial charge in [0.1, 0.15) is 0 Å². The Morgan fingerprint density at radius 1 is 1.42 bits per heavy atom. The Balaban J connectivity index is 1.78. The van der Waals surface area contributed by atoms with Crippen LogP contribution in [-0.2, 0) is 15.6 Å². The number of fused-ring (bicyclic) bond motifs is 1. The third-order valence-corrected chi connectivity index (χ3v) is 8.24. The van der Waals surface area contributed by atoms with Crippen molar-refractivity contribution in [3.63, 3.8) is 0 Å². The van der Waals surface area contributed by atoms with Crippen molar-refractivity contribution in [3.05, 3.63) is 40.4 Å². The molecular formula is C16H16ClN5O2S2. The molecule has 1 aliphatic rings. The van der Waals surface area contributed by atoms with Gasteiger partial charge in [-0.15, -0.1) is 11.3 Å². The van der Waals surface area contributed by atoms with E-state index in [1.807, 2.05) is 24.3 Å². The monoisotopic (exact) mass is 409 g/mol. The number of H-pyrrole nitrogens is 1. The summed E-state index contributed by atoms with van der Waals surface area (Å²) in [6.45, 7) is 1.75. The number of hydrogen-bond donors (Lipinski definition) is 3. The minimum Gasteiger partial charge on any atom is -0.353 e. The first-order chi connectivity index (χ1) is 12.2. The highest BCUT2D eigenvalue weighted by molar-refractivity contribution is 7.89. The molecule has 4 rings (SSSR count). The molecule has 7 nitrogen and oxygen atoms in total. The van der Waals surface area contributed by atoms with Crippen molar-refractivity contribution in [2.75, 3.05) is 12.8 Å². The maximum absolute atomic E-state index is 12.4. The van der Waals surface area contributed by atoms with Crippen molar-refractivity contribution < 1.29 is 8.42 Å². The highest BCUT2D eigenvalue weighted by Gasteiger charge is 2.44. The highest BCUT2D eigenvalue weighted by atomic mass is 35.5. The van der Waals surface area contributed by atoms with Crippen LogP contribution in [0.5, 0.6) is 0 Å². The summed E-state index contributed by atoms with van der Waals surface area (Å²) in [6.07, 6.45) is 1.73. The first kappa shape index (κ1) is 17.3. The zero-order valence-corrected chi connectivity index (χ0v) is 16.4. The Labute approximate surface area is 159 Å². The van der Waals surface area contributed by atoms with Gasteiger partial charge >= 0.3 is 0 Å². The first-order valence-corrected chi connectivity index (χ1v) is 10.6. The minimum absolute atomic E-state index is 0.167. The van der Waals surface area contributed by atoms with Crippen LogP contribution < -0.4 is 5.32 Å². The van der Waals surface area contributed by atoms with Crippen LogP contribution in [-0.4, -0.2) is 41.5 Å². The lowest BCUT2D eigenvalue weighted by atomic mass is 10.0. The third-order valence-electron chi connectivity index (χ3n) is 4.44. The molecule has 0 unspecified atom stereocenters. The summed E-state index contributed by atoms with van der Waals surface area (Å²) in [5, 5.41) is 11.4. The number of sulfonamides is 1. The molecule has 1 aliphatic heterocycles. The fraction of sp³-hybridized carbons (Fsp3) is 0.250. The summed E-state index contributed by atoms with van der Waals surface area (Å²) in [7, 11) is -2.22. The van der Waals surface area contributed by atoms with Gasteiger partial charge in [0.25, 0.3) is 0 Å². The summed E-state index contributed by atoms with van der Waals surface area (Å²) in [4.78, 5) is 9.18. The molecule has 1 fully saturated rings. The van der Waals surface area contributed by atoms with Gasteiger partial charge in [-0.1, -0.05) is 11.6 Å². The lowest BCUT2D eigenvalue weighted by Gasteiger charge is -2.39. The molecule has 0 amide bonds. The first-order valence-electron chi connectivity index (χ1n) is 7.77. The second-order valence-corrected chi connectivity index (χ2v) is 9.90. The molecular weight excluding hydrogens is 394 g/mol. The molecule has 0 radical (unpaired) electrons. The number of hydrogen-bond acceptors (Lipinski definition) is 5. The quantitative estimate of drug-likeness (QED) is 0.605. The SMILES string of the molecule is CN1C(=N)N[C@](C)(c2sc(-c3cc4ncccc4[nH]3)cc2Cl)CS1(=O)=O. The highest BCUT2D eigenvalue weighted by Crippen LogP contribution is 2.42. The van der Waals surface area contributed by atoms with Crippen LogP contribution in [0.25, 0.3) is 21.6 Å². The van der Waals surface area contributed by atoms with Gasteiger partial charge in [0, 0.05) is 13.2 Å². The van der Waals surface area contributed by atoms with Crippen LogP contribution >= 0.6 is 22.9 Å². The van der Waals surface area contributed by atoms with E-state index in [-0.39, 0.29) is 11.7 Å². The van der Waals surface area contributed by atoms with Crippen molar-refractivity contribution in [1.29, 1.82) is 5.41 Å². The predicted molar refractivity (Wildman–Crippen MR) is 104 cm³/mol. The van der Waals surface area contributed by atoms with Crippen molar-refractivity contribution >= 4 is 50.0 Å². The molecule has 0 aromatic carbocycles. The van der Waals surface area contributed by atoms with E-state index >= 15 is 0 Å². The Bertz CT molecular complexity index is 1100. The second kappa shape index (κ2) is 5.70. The summed E-state index contributed by atoms with van der Waals surface area (Å²) in [5.74, 6) is -0.341. The maximum Gasteiger partial charge on any atom is 0.239 e. The molecule has 3 aromatic heterocycles. The lowest BCUT2D eigenvalue weighted by molar-refractivity contribution is 0.424. The summed E-state index contributed by atoms with van der Waals surface area (Å²) in [6, 6.07) is 7.54. The number of nitrogens with one attached hydrogen (secondary N) is 3. The van der Waals surface area contributed by atoms with Crippen LogP contribution in [0.3, 0.4) is 0 Å². The average Bonchev–Trinajstić information content (AvgIpc) is 3.15. The maximum atomic E-state index is 12.4. The largest absolute Gasteiger partial charge is 0.353 e. The molecule has 0 spiro atoms. The van der Waals surface area contributed by atoms with Gasteiger partial charge in [-0.05, 0) is 31.2 Å². The van der Waals surface area contributed by atoms with E-state index in [4.69, 9.17) is 17.0 Å². The second-order valence-electron chi connectivity index (χ2n) is 6.44. The topological polar surface area (TPSA) is 102 Å². The van der Waals surface area contributed by atoms with Gasteiger partial charge in [0.15, 0.2) is 0 Å². The zero-order chi connectivity index (χ0) is 18.7. The average molecular weight is 410 g/mol. The molecule has 26 heavy (non-hydrogen) atoms. The molecule has 4 heterocycles. The number of guanidine groups is 1. The smallest absolute Gasteiger partial charge is 0.239 e. The van der Waals surface area contributed by atoms with E-state index < -0.39 is 15.6 Å². The van der Waals surface area contributed by atoms with Gasteiger partial charge in [0.05, 0.1) is 42.8 Å². The van der Waals surface area contributed by atoms with Gasteiger partial charge in [-0.3, -0.25) is 10.4 Å². The number of thiophene rings is 1. The van der Waals surface area contributed by atoms with E-state index in [1.54, 1.807) is 13.1 Å². The molecule has 0 saturated carbocycles. The number of halogens is 1. The van der Waals surface area contributed by atoms with Crippen molar-refractivity contribution in [2.45, 2.75) is 12.5 Å². The Morgan fingerprint density at radius 3 is 2.88 bits per heavy atom. The number of aromatic amines is 1. The normalized spacial score (nSPS) is 22.6. The van der Waals surface area contributed by atoms with E-state index in [0.717, 1.165) is 25.9 Å². The zero-order valence-electron chi connectivity index (χ0n) is 14.0.